The largest absolute Gasteiger partial charge is 0.356 e. The van der Waals surface area contributed by atoms with Crippen molar-refractivity contribution in [2.24, 2.45) is 10.9 Å². The molecule has 0 saturated heterocycles. The molecule has 27 heavy (non-hydrogen) atoms. The van der Waals surface area contributed by atoms with Gasteiger partial charge in [0.25, 0.3) is 0 Å². The van der Waals surface area contributed by atoms with Crippen molar-refractivity contribution in [3.63, 3.8) is 0 Å². The smallest absolute Gasteiger partial charge is 0.223 e. The van der Waals surface area contributed by atoms with Crippen LogP contribution in [0.1, 0.15) is 57.2 Å². The number of aliphatic imine (C=N–C) groups is 1. The fourth-order valence-electron chi connectivity index (χ4n) is 3.55. The topological polar surface area (TPSA) is 65.5 Å². The molecule has 0 aliphatic heterocycles. The van der Waals surface area contributed by atoms with Crippen LogP contribution in [0.25, 0.3) is 0 Å². The molecule has 2 unspecified atom stereocenters. The zero-order valence-electron chi connectivity index (χ0n) is 16.6. The lowest BCUT2D eigenvalue weighted by atomic mass is 9.85. The number of carbonyl (C=O) groups is 1. The summed E-state index contributed by atoms with van der Waals surface area (Å²) in [6.45, 7) is 5.32. The molecule has 2 saturated carbocycles. The number of hydrogen-bond acceptors (Lipinski definition) is 3. The first-order chi connectivity index (χ1) is 12.5. The monoisotopic (exact) mass is 504 g/mol. The number of guanidine groups is 1. The fraction of sp³-hybridized carbons (Fsp3) is 0.700. The zero-order chi connectivity index (χ0) is 18.6. The van der Waals surface area contributed by atoms with Gasteiger partial charge in [-0.05, 0) is 43.6 Å². The molecule has 1 heterocycles. The van der Waals surface area contributed by atoms with Crippen LogP contribution in [0.5, 0.6) is 0 Å². The molecule has 2 aliphatic carbocycles. The van der Waals surface area contributed by atoms with Gasteiger partial charge in [-0.3, -0.25) is 9.79 Å². The Morgan fingerprint density at radius 1 is 1.22 bits per heavy atom. The zero-order valence-corrected chi connectivity index (χ0v) is 19.7. The summed E-state index contributed by atoms with van der Waals surface area (Å²) in [6, 6.07) is 5.05. The van der Waals surface area contributed by atoms with E-state index < -0.39 is 0 Å². The second-order valence-electron chi connectivity index (χ2n) is 8.27. The molecule has 3 rings (SSSR count). The first kappa shape index (κ1) is 22.5. The van der Waals surface area contributed by atoms with Crippen molar-refractivity contribution in [1.82, 2.24) is 16.0 Å². The first-order valence-electron chi connectivity index (χ1n) is 9.79. The molecule has 2 aliphatic rings. The third-order valence-electron chi connectivity index (χ3n) is 5.42. The van der Waals surface area contributed by atoms with Crippen molar-refractivity contribution in [2.45, 2.75) is 69.9 Å². The number of carbonyl (C=O) groups excluding carboxylic acids is 1. The van der Waals surface area contributed by atoms with Crippen LogP contribution in [-0.2, 0) is 10.2 Å². The number of halogens is 1. The van der Waals surface area contributed by atoms with Gasteiger partial charge in [-0.1, -0.05) is 26.3 Å². The Kier molecular flexibility index (Phi) is 8.39. The van der Waals surface area contributed by atoms with Gasteiger partial charge in [0.1, 0.15) is 0 Å². The van der Waals surface area contributed by atoms with Gasteiger partial charge in [-0.15, -0.1) is 35.3 Å². The minimum atomic E-state index is 0. The van der Waals surface area contributed by atoms with Crippen molar-refractivity contribution in [3.8, 4) is 0 Å². The first-order valence-corrected chi connectivity index (χ1v) is 10.7. The molecule has 0 aromatic carbocycles. The Morgan fingerprint density at radius 2 is 2.00 bits per heavy atom. The fourth-order valence-corrected chi connectivity index (χ4v) is 4.40. The summed E-state index contributed by atoms with van der Waals surface area (Å²) < 4.78 is 0. The van der Waals surface area contributed by atoms with Gasteiger partial charge >= 0.3 is 0 Å². The molecule has 1 aromatic heterocycles. The minimum absolute atomic E-state index is 0. The number of nitrogens with one attached hydrogen (secondary N) is 3. The number of nitrogens with zero attached hydrogens (tertiary/aromatic N) is 1. The van der Waals surface area contributed by atoms with Gasteiger partial charge in [0.05, 0.1) is 0 Å². The van der Waals surface area contributed by atoms with Gasteiger partial charge in [0, 0.05) is 41.9 Å². The summed E-state index contributed by atoms with van der Waals surface area (Å²) in [7, 11) is 1.81. The molecule has 2 fully saturated rings. The Balaban J connectivity index is 0.00000261. The summed E-state index contributed by atoms with van der Waals surface area (Å²) in [6.07, 6.45) is 6.40. The second kappa shape index (κ2) is 10.1. The molecule has 0 bridgehead atoms. The highest BCUT2D eigenvalue weighted by Crippen LogP contribution is 2.28. The third kappa shape index (κ3) is 6.62. The number of hydrogen-bond donors (Lipinski definition) is 3. The minimum Gasteiger partial charge on any atom is -0.356 e. The molecule has 2 atom stereocenters. The predicted molar refractivity (Wildman–Crippen MR) is 124 cm³/mol. The van der Waals surface area contributed by atoms with Crippen molar-refractivity contribution in [2.75, 3.05) is 13.6 Å². The van der Waals surface area contributed by atoms with E-state index in [0.717, 1.165) is 51.0 Å². The van der Waals surface area contributed by atoms with E-state index in [9.17, 15) is 4.79 Å². The van der Waals surface area contributed by atoms with E-state index in [1.807, 2.05) is 7.05 Å². The average molecular weight is 504 g/mol. The Bertz CT molecular complexity index is 628. The average Bonchev–Trinajstić information content (AvgIpc) is 3.25. The summed E-state index contributed by atoms with van der Waals surface area (Å²) in [5.41, 5.74) is 0.0606. The van der Waals surface area contributed by atoms with E-state index in [4.69, 9.17) is 0 Å². The third-order valence-corrected chi connectivity index (χ3v) is 6.65. The van der Waals surface area contributed by atoms with Crippen LogP contribution in [0.3, 0.4) is 0 Å². The van der Waals surface area contributed by atoms with Crippen LogP contribution in [0.15, 0.2) is 22.5 Å². The lowest BCUT2D eigenvalue weighted by Crippen LogP contribution is -2.49. The summed E-state index contributed by atoms with van der Waals surface area (Å²) in [4.78, 5) is 18.1. The highest BCUT2D eigenvalue weighted by molar-refractivity contribution is 14.0. The number of amides is 1. The lowest BCUT2D eigenvalue weighted by Gasteiger charge is -2.31. The van der Waals surface area contributed by atoms with Crippen LogP contribution >= 0.6 is 35.3 Å². The molecule has 0 spiro atoms. The Labute approximate surface area is 184 Å². The maximum atomic E-state index is 12.4. The standard InChI is InChI=1S/C20H32N4OS.HI/c1-20(2,17-8-5-11-26-17)13-22-19(21-3)24-16-7-4-6-14(12-16)18(25)23-15-9-10-15;/h5,8,11,14-16H,4,6-7,9-10,12-13H2,1-3H3,(H,23,25)(H2,21,22,24);1H. The van der Waals surface area contributed by atoms with Crippen molar-refractivity contribution in [1.29, 1.82) is 0 Å². The summed E-state index contributed by atoms with van der Waals surface area (Å²) >= 11 is 1.79. The molecule has 1 amide bonds. The van der Waals surface area contributed by atoms with Crippen LogP contribution in [0.4, 0.5) is 0 Å². The van der Waals surface area contributed by atoms with Crippen LogP contribution in [0.2, 0.25) is 0 Å². The molecule has 1 aromatic rings. The van der Waals surface area contributed by atoms with E-state index in [0.29, 0.717) is 12.1 Å². The number of rotatable bonds is 6. The molecule has 5 nitrogen and oxygen atoms in total. The van der Waals surface area contributed by atoms with E-state index in [1.54, 1.807) is 11.3 Å². The van der Waals surface area contributed by atoms with E-state index >= 15 is 0 Å². The highest BCUT2D eigenvalue weighted by atomic mass is 127. The van der Waals surface area contributed by atoms with Crippen molar-refractivity contribution < 1.29 is 4.79 Å². The van der Waals surface area contributed by atoms with Crippen LogP contribution < -0.4 is 16.0 Å². The van der Waals surface area contributed by atoms with E-state index in [1.165, 1.54) is 4.88 Å². The predicted octanol–water partition coefficient (Wildman–Crippen LogP) is 3.65. The van der Waals surface area contributed by atoms with Crippen molar-refractivity contribution in [3.05, 3.63) is 22.4 Å². The Hall–Kier alpha value is -0.830. The normalized spacial score (nSPS) is 23.3. The maximum Gasteiger partial charge on any atom is 0.223 e. The van der Waals surface area contributed by atoms with Crippen LogP contribution in [0, 0.1) is 5.92 Å². The van der Waals surface area contributed by atoms with E-state index in [2.05, 4.69) is 52.3 Å². The quantitative estimate of drug-likeness (QED) is 0.315. The molecular formula is C20H33IN4OS. The summed E-state index contributed by atoms with van der Waals surface area (Å²) in [5, 5.41) is 12.3. The molecule has 0 radical (unpaired) electrons. The van der Waals surface area contributed by atoms with Crippen molar-refractivity contribution >= 4 is 47.2 Å². The van der Waals surface area contributed by atoms with Gasteiger partial charge < -0.3 is 16.0 Å². The van der Waals surface area contributed by atoms with E-state index in [-0.39, 0.29) is 41.2 Å². The maximum absolute atomic E-state index is 12.4. The molecule has 3 N–H and O–H groups in total. The van der Waals surface area contributed by atoms with Crippen LogP contribution in [-0.4, -0.2) is 37.5 Å². The van der Waals surface area contributed by atoms with Gasteiger partial charge in [0.15, 0.2) is 5.96 Å². The summed E-state index contributed by atoms with van der Waals surface area (Å²) in [5.74, 6) is 1.23. The SMILES string of the molecule is CN=C(NCC(C)(C)c1cccs1)NC1CCCC(C(=O)NC2CC2)C1.I. The molecule has 7 heteroatoms. The second-order valence-corrected chi connectivity index (χ2v) is 9.22. The molecular weight excluding hydrogens is 471 g/mol. The van der Waals surface area contributed by atoms with Gasteiger partial charge in [-0.2, -0.15) is 0 Å². The number of thiophene rings is 1. The van der Waals surface area contributed by atoms with Gasteiger partial charge in [-0.25, -0.2) is 0 Å². The van der Waals surface area contributed by atoms with Gasteiger partial charge in [0.2, 0.25) is 5.91 Å². The Morgan fingerprint density at radius 3 is 2.63 bits per heavy atom. The molecule has 152 valence electrons. The highest BCUT2D eigenvalue weighted by Gasteiger charge is 2.31. The lowest BCUT2D eigenvalue weighted by molar-refractivity contribution is -0.126.